The monoisotopic (exact) mass is 309 g/mol. The smallest absolute Gasteiger partial charge is 0.321 e. The number of carboxylic acid groups (broad SMARTS) is 1. The molecule has 1 unspecified atom stereocenters. The van der Waals surface area contributed by atoms with Crippen LogP contribution in [-0.4, -0.2) is 44.4 Å². The Kier molecular flexibility index (Phi) is 6.63. The van der Waals surface area contributed by atoms with Gasteiger partial charge in [0.1, 0.15) is 6.04 Å². The Labute approximate surface area is 119 Å². The summed E-state index contributed by atoms with van der Waals surface area (Å²) in [6, 6.07) is -1.20. The molecule has 8 heteroatoms. The van der Waals surface area contributed by atoms with Gasteiger partial charge in [0.15, 0.2) is 0 Å². The van der Waals surface area contributed by atoms with E-state index in [1.54, 1.807) is 13.8 Å². The van der Waals surface area contributed by atoms with Gasteiger partial charge < -0.3 is 9.84 Å². The van der Waals surface area contributed by atoms with Gasteiger partial charge in [0.05, 0.1) is 18.3 Å². The lowest BCUT2D eigenvalue weighted by Gasteiger charge is -2.23. The van der Waals surface area contributed by atoms with Gasteiger partial charge in [-0.3, -0.25) is 9.59 Å². The molecule has 0 saturated carbocycles. The number of hydrogen-bond donors (Lipinski definition) is 2. The fourth-order valence-electron chi connectivity index (χ4n) is 1.74. The molecule has 0 amide bonds. The normalized spacial score (nSPS) is 14.1. The molecule has 0 aliphatic carbocycles. The number of carbonyl (C=O) groups excluding carboxylic acids is 1. The average Bonchev–Trinajstić information content (AvgIpc) is 2.24. The zero-order chi connectivity index (χ0) is 16.1. The molecule has 0 bridgehead atoms. The molecule has 0 radical (unpaired) electrons. The second kappa shape index (κ2) is 7.03. The predicted molar refractivity (Wildman–Crippen MR) is 73.6 cm³/mol. The summed E-state index contributed by atoms with van der Waals surface area (Å²) in [6.07, 6.45) is 0.174. The van der Waals surface area contributed by atoms with Gasteiger partial charge in [0, 0.05) is 0 Å². The van der Waals surface area contributed by atoms with Crippen LogP contribution in [0, 0.1) is 11.3 Å². The summed E-state index contributed by atoms with van der Waals surface area (Å²) >= 11 is 0. The van der Waals surface area contributed by atoms with Crippen molar-refractivity contribution in [1.82, 2.24) is 4.72 Å². The van der Waals surface area contributed by atoms with E-state index in [1.807, 2.05) is 0 Å². The molecule has 7 nitrogen and oxygen atoms in total. The zero-order valence-electron chi connectivity index (χ0n) is 12.5. The van der Waals surface area contributed by atoms with E-state index >= 15 is 0 Å². The number of ether oxygens (including phenoxy) is 1. The Morgan fingerprint density at radius 2 is 1.80 bits per heavy atom. The van der Waals surface area contributed by atoms with Gasteiger partial charge in [-0.25, -0.2) is 13.1 Å². The van der Waals surface area contributed by atoms with Crippen molar-refractivity contribution >= 4 is 22.0 Å². The van der Waals surface area contributed by atoms with E-state index in [-0.39, 0.29) is 12.3 Å². The van der Waals surface area contributed by atoms with Crippen molar-refractivity contribution in [3.05, 3.63) is 0 Å². The molecule has 2 N–H and O–H groups in total. The molecule has 0 aliphatic rings. The van der Waals surface area contributed by atoms with Crippen molar-refractivity contribution in [2.24, 2.45) is 11.3 Å². The molecule has 1 atom stereocenters. The fourth-order valence-corrected chi connectivity index (χ4v) is 3.52. The van der Waals surface area contributed by atoms with Crippen molar-refractivity contribution in [3.63, 3.8) is 0 Å². The van der Waals surface area contributed by atoms with Crippen molar-refractivity contribution in [3.8, 4) is 0 Å². The van der Waals surface area contributed by atoms with Gasteiger partial charge in [0.2, 0.25) is 10.0 Å². The number of carbonyl (C=O) groups is 2. The van der Waals surface area contributed by atoms with E-state index in [0.29, 0.717) is 0 Å². The minimum absolute atomic E-state index is 0.0208. The SMILES string of the molecule is COC(=O)C(C)(C)CS(=O)(=O)NC(CC(C)C)C(=O)O. The van der Waals surface area contributed by atoms with E-state index in [1.165, 1.54) is 21.0 Å². The van der Waals surface area contributed by atoms with Gasteiger partial charge in [-0.1, -0.05) is 13.8 Å². The topological polar surface area (TPSA) is 110 Å². The third-order valence-electron chi connectivity index (χ3n) is 2.62. The second-order valence-corrected chi connectivity index (χ2v) is 7.53. The lowest BCUT2D eigenvalue weighted by Crippen LogP contribution is -2.46. The molecule has 20 heavy (non-hydrogen) atoms. The van der Waals surface area contributed by atoms with Crippen molar-refractivity contribution < 1.29 is 27.9 Å². The first-order valence-corrected chi connectivity index (χ1v) is 7.87. The minimum atomic E-state index is -3.92. The standard InChI is InChI=1S/C12H23NO6S/c1-8(2)6-9(10(14)15)13-20(17,18)7-12(3,4)11(16)19-5/h8-9,13H,6-7H2,1-5H3,(H,14,15). The highest BCUT2D eigenvalue weighted by Crippen LogP contribution is 2.20. The quantitative estimate of drug-likeness (QED) is 0.636. The molecule has 0 fully saturated rings. The highest BCUT2D eigenvalue weighted by atomic mass is 32.2. The Morgan fingerprint density at radius 1 is 1.30 bits per heavy atom. The van der Waals surface area contributed by atoms with Gasteiger partial charge in [-0.05, 0) is 26.2 Å². The number of aliphatic carboxylic acids is 1. The Bertz CT molecular complexity index is 455. The first kappa shape index (κ1) is 18.9. The maximum absolute atomic E-state index is 12.0. The van der Waals surface area contributed by atoms with Gasteiger partial charge in [0.25, 0.3) is 0 Å². The van der Waals surface area contributed by atoms with Crippen molar-refractivity contribution in [1.29, 1.82) is 0 Å². The minimum Gasteiger partial charge on any atom is -0.480 e. The summed E-state index contributed by atoms with van der Waals surface area (Å²) in [5, 5.41) is 9.02. The molecule has 0 spiro atoms. The van der Waals surface area contributed by atoms with Crippen LogP contribution in [0.3, 0.4) is 0 Å². The summed E-state index contributed by atoms with van der Waals surface area (Å²) < 4.78 is 30.6. The lowest BCUT2D eigenvalue weighted by molar-refractivity contribution is -0.149. The lowest BCUT2D eigenvalue weighted by atomic mass is 9.97. The third-order valence-corrected chi connectivity index (χ3v) is 4.36. The molecule has 0 saturated heterocycles. The van der Waals surface area contributed by atoms with Crippen LogP contribution in [0.4, 0.5) is 0 Å². The van der Waals surface area contributed by atoms with Crippen LogP contribution in [0.2, 0.25) is 0 Å². The molecule has 0 aliphatic heterocycles. The van der Waals surface area contributed by atoms with Crippen molar-refractivity contribution in [2.75, 3.05) is 12.9 Å². The summed E-state index contributed by atoms with van der Waals surface area (Å²) in [7, 11) is -2.75. The van der Waals surface area contributed by atoms with Crippen LogP contribution >= 0.6 is 0 Å². The number of rotatable bonds is 8. The molecule has 0 aromatic heterocycles. The predicted octanol–water partition coefficient (Wildman–Crippen LogP) is 0.604. The summed E-state index contributed by atoms with van der Waals surface area (Å²) in [6.45, 7) is 6.44. The number of sulfonamides is 1. The van der Waals surface area contributed by atoms with E-state index < -0.39 is 39.2 Å². The molecular weight excluding hydrogens is 286 g/mol. The Balaban J connectivity index is 4.97. The maximum atomic E-state index is 12.0. The summed E-state index contributed by atoms with van der Waals surface area (Å²) in [4.78, 5) is 22.5. The van der Waals surface area contributed by atoms with Gasteiger partial charge >= 0.3 is 11.9 Å². The molecule has 0 aromatic carbocycles. The molecule has 0 rings (SSSR count). The molecule has 118 valence electrons. The number of nitrogens with one attached hydrogen (secondary N) is 1. The highest BCUT2D eigenvalue weighted by molar-refractivity contribution is 7.89. The number of hydrogen-bond acceptors (Lipinski definition) is 5. The maximum Gasteiger partial charge on any atom is 0.321 e. The summed E-state index contributed by atoms with van der Waals surface area (Å²) in [5.41, 5.74) is -1.25. The summed E-state index contributed by atoms with van der Waals surface area (Å²) in [5.74, 6) is -2.42. The second-order valence-electron chi connectivity index (χ2n) is 5.77. The van der Waals surface area contributed by atoms with Crippen LogP contribution in [0.1, 0.15) is 34.1 Å². The first-order chi connectivity index (χ1) is 8.91. The molecule has 0 aromatic rings. The van der Waals surface area contributed by atoms with Crippen LogP contribution in [0.5, 0.6) is 0 Å². The van der Waals surface area contributed by atoms with Gasteiger partial charge in [-0.15, -0.1) is 0 Å². The number of methoxy groups -OCH3 is 1. The van der Waals surface area contributed by atoms with E-state index in [0.717, 1.165) is 0 Å². The largest absolute Gasteiger partial charge is 0.480 e. The third kappa shape index (κ3) is 6.33. The van der Waals surface area contributed by atoms with Crippen LogP contribution in [0.15, 0.2) is 0 Å². The van der Waals surface area contributed by atoms with E-state index in [4.69, 9.17) is 5.11 Å². The molecular formula is C12H23NO6S. The molecule has 0 heterocycles. The zero-order valence-corrected chi connectivity index (χ0v) is 13.3. The number of carboxylic acids is 1. The number of esters is 1. The highest BCUT2D eigenvalue weighted by Gasteiger charge is 2.36. The fraction of sp³-hybridized carbons (Fsp3) is 0.833. The Morgan fingerprint density at radius 3 is 2.15 bits per heavy atom. The first-order valence-electron chi connectivity index (χ1n) is 6.22. The Hall–Kier alpha value is -1.15. The van der Waals surface area contributed by atoms with Gasteiger partial charge in [-0.2, -0.15) is 0 Å². The van der Waals surface area contributed by atoms with Crippen LogP contribution in [0.25, 0.3) is 0 Å². The van der Waals surface area contributed by atoms with E-state index in [2.05, 4.69) is 9.46 Å². The van der Waals surface area contributed by atoms with Crippen molar-refractivity contribution in [2.45, 2.75) is 40.2 Å². The average molecular weight is 309 g/mol. The van der Waals surface area contributed by atoms with Crippen LogP contribution < -0.4 is 4.72 Å². The van der Waals surface area contributed by atoms with E-state index in [9.17, 15) is 18.0 Å². The van der Waals surface area contributed by atoms with Crippen LogP contribution in [-0.2, 0) is 24.3 Å².